The summed E-state index contributed by atoms with van der Waals surface area (Å²) >= 11 is 0. The Hall–Kier alpha value is -1.29. The fourth-order valence-electron chi connectivity index (χ4n) is 2.75. The number of hydrogen-bond donors (Lipinski definition) is 1. The minimum absolute atomic E-state index is 0.250. The summed E-state index contributed by atoms with van der Waals surface area (Å²) < 4.78 is 5.32. The number of rotatable bonds is 9. The summed E-state index contributed by atoms with van der Waals surface area (Å²) in [5, 5.41) is 0. The summed E-state index contributed by atoms with van der Waals surface area (Å²) in [7, 11) is -1.02. The first-order valence-electron chi connectivity index (χ1n) is 8.09. The summed E-state index contributed by atoms with van der Waals surface area (Å²) in [5.41, 5.74) is 6.83. The van der Waals surface area contributed by atoms with Gasteiger partial charge in [-0.3, -0.25) is 0 Å². The molecule has 21 heavy (non-hydrogen) atoms. The Bertz CT molecular complexity index is 419. The third-order valence-corrected chi connectivity index (χ3v) is 10.6. The fourth-order valence-corrected chi connectivity index (χ4v) is 6.31. The zero-order valence-corrected chi connectivity index (χ0v) is 14.7. The van der Waals surface area contributed by atoms with Crippen LogP contribution in [0, 0.1) is 0 Å². The Labute approximate surface area is 129 Å². The highest BCUT2D eigenvalue weighted by Gasteiger charge is 2.25. The van der Waals surface area contributed by atoms with Crippen LogP contribution in [-0.4, -0.2) is 20.7 Å². The molecule has 0 aliphatic carbocycles. The molecule has 0 saturated carbocycles. The van der Waals surface area contributed by atoms with Gasteiger partial charge in [-0.2, -0.15) is 0 Å². The highest BCUT2D eigenvalue weighted by Crippen LogP contribution is 2.27. The fraction of sp³-hybridized carbons (Fsp3) is 0.588. The van der Waals surface area contributed by atoms with Crippen LogP contribution in [0.2, 0.25) is 24.2 Å². The molecule has 0 amide bonds. The Kier molecular flexibility index (Phi) is 7.51. The van der Waals surface area contributed by atoms with E-state index in [0.29, 0.717) is 17.9 Å². The molecule has 0 radical (unpaired) electrons. The van der Waals surface area contributed by atoms with E-state index in [1.807, 2.05) is 0 Å². The van der Waals surface area contributed by atoms with Crippen molar-refractivity contribution >= 4 is 19.7 Å². The molecule has 1 rings (SSSR count). The third-order valence-electron chi connectivity index (χ3n) is 4.73. The molecule has 1 aromatic rings. The smallest absolute Gasteiger partial charge is 0.338 e. The largest absolute Gasteiger partial charge is 0.462 e. The minimum Gasteiger partial charge on any atom is -0.462 e. The number of esters is 1. The van der Waals surface area contributed by atoms with Crippen LogP contribution in [0.5, 0.6) is 0 Å². The number of ether oxygens (including phenoxy) is 1. The first-order valence-corrected chi connectivity index (χ1v) is 10.9. The zero-order chi connectivity index (χ0) is 15.7. The molecule has 0 aromatic heterocycles. The van der Waals surface area contributed by atoms with E-state index in [1.54, 1.807) is 24.3 Å². The van der Waals surface area contributed by atoms with Crippen LogP contribution in [0.1, 0.15) is 44.0 Å². The van der Waals surface area contributed by atoms with Crippen molar-refractivity contribution in [3.05, 3.63) is 29.8 Å². The zero-order valence-electron chi connectivity index (χ0n) is 13.7. The van der Waals surface area contributed by atoms with Crippen LogP contribution >= 0.6 is 0 Å². The molecule has 0 aliphatic rings. The minimum atomic E-state index is -1.02. The first kappa shape index (κ1) is 17.8. The van der Waals surface area contributed by atoms with Gasteiger partial charge in [-0.15, -0.1) is 0 Å². The normalized spacial score (nSPS) is 11.4. The van der Waals surface area contributed by atoms with Gasteiger partial charge in [0.25, 0.3) is 0 Å². The Balaban J connectivity index is 2.28. The molecule has 0 bridgehead atoms. The van der Waals surface area contributed by atoms with E-state index >= 15 is 0 Å². The van der Waals surface area contributed by atoms with Crippen LogP contribution in [-0.2, 0) is 4.74 Å². The monoisotopic (exact) mass is 307 g/mol. The quantitative estimate of drug-likeness (QED) is 0.311. The van der Waals surface area contributed by atoms with Gasteiger partial charge in [0.15, 0.2) is 0 Å². The molecule has 0 fully saturated rings. The molecule has 0 spiro atoms. The molecule has 0 heterocycles. The van der Waals surface area contributed by atoms with Crippen LogP contribution in [0.25, 0.3) is 0 Å². The van der Waals surface area contributed by atoms with Crippen molar-refractivity contribution in [3.63, 3.8) is 0 Å². The second-order valence-electron chi connectivity index (χ2n) is 5.78. The molecular formula is C17H29NO2Si. The van der Waals surface area contributed by atoms with E-state index < -0.39 is 8.07 Å². The molecule has 118 valence electrons. The molecular weight excluding hydrogens is 278 g/mol. The lowest BCUT2D eigenvalue weighted by Gasteiger charge is -2.27. The van der Waals surface area contributed by atoms with Crippen molar-refractivity contribution in [1.29, 1.82) is 0 Å². The van der Waals surface area contributed by atoms with E-state index in [2.05, 4.69) is 20.8 Å². The molecule has 1 aromatic carbocycles. The van der Waals surface area contributed by atoms with Gasteiger partial charge in [-0.1, -0.05) is 51.4 Å². The van der Waals surface area contributed by atoms with Crippen molar-refractivity contribution in [1.82, 2.24) is 0 Å². The number of carbonyl (C=O) groups excluding carboxylic acids is 1. The van der Waals surface area contributed by atoms with Gasteiger partial charge in [-0.25, -0.2) is 4.79 Å². The van der Waals surface area contributed by atoms with E-state index in [1.165, 1.54) is 30.6 Å². The number of carbonyl (C=O) groups is 1. The third kappa shape index (κ3) is 5.54. The number of anilines is 1. The van der Waals surface area contributed by atoms with Gasteiger partial charge >= 0.3 is 5.97 Å². The van der Waals surface area contributed by atoms with Crippen LogP contribution in [0.15, 0.2) is 24.3 Å². The van der Waals surface area contributed by atoms with Crippen molar-refractivity contribution in [2.45, 2.75) is 57.8 Å². The maximum Gasteiger partial charge on any atom is 0.338 e. The molecule has 0 atom stereocenters. The second-order valence-corrected chi connectivity index (χ2v) is 11.4. The lowest BCUT2D eigenvalue weighted by atomic mass is 10.2. The van der Waals surface area contributed by atoms with Gasteiger partial charge in [0.2, 0.25) is 0 Å². The van der Waals surface area contributed by atoms with E-state index in [0.717, 1.165) is 6.42 Å². The summed E-state index contributed by atoms with van der Waals surface area (Å²) in [6.07, 6.45) is 2.15. The summed E-state index contributed by atoms with van der Waals surface area (Å²) in [5.74, 6) is -0.250. The molecule has 0 aliphatic heterocycles. The first-order chi connectivity index (χ1) is 10.1. The van der Waals surface area contributed by atoms with Gasteiger partial charge in [0.05, 0.1) is 20.2 Å². The number of benzene rings is 1. The van der Waals surface area contributed by atoms with Crippen LogP contribution < -0.4 is 5.73 Å². The number of nitrogens with two attached hydrogens (primary N) is 1. The second kappa shape index (κ2) is 8.88. The van der Waals surface area contributed by atoms with Gasteiger partial charge in [-0.05, 0) is 30.7 Å². The van der Waals surface area contributed by atoms with Gasteiger partial charge < -0.3 is 10.5 Å². The molecule has 3 nitrogen and oxygen atoms in total. The maximum absolute atomic E-state index is 11.8. The number of unbranched alkanes of at least 4 members (excludes halogenated alkanes) is 1. The predicted octanol–water partition coefficient (Wildman–Crippen LogP) is 4.71. The van der Waals surface area contributed by atoms with Crippen LogP contribution in [0.4, 0.5) is 5.69 Å². The Morgan fingerprint density at radius 3 is 2.14 bits per heavy atom. The average Bonchev–Trinajstić information content (AvgIpc) is 2.52. The highest BCUT2D eigenvalue weighted by molar-refractivity contribution is 6.79. The highest BCUT2D eigenvalue weighted by atomic mass is 28.3. The van der Waals surface area contributed by atoms with Crippen molar-refractivity contribution in [3.8, 4) is 0 Å². The summed E-state index contributed by atoms with van der Waals surface area (Å²) in [6.45, 7) is 7.52. The maximum atomic E-state index is 11.8. The predicted molar refractivity (Wildman–Crippen MR) is 92.4 cm³/mol. The Morgan fingerprint density at radius 2 is 1.62 bits per heavy atom. The topological polar surface area (TPSA) is 52.3 Å². The molecule has 0 unspecified atom stereocenters. The Morgan fingerprint density at radius 1 is 1.05 bits per heavy atom. The van der Waals surface area contributed by atoms with Crippen molar-refractivity contribution < 1.29 is 9.53 Å². The van der Waals surface area contributed by atoms with Crippen LogP contribution in [0.3, 0.4) is 0 Å². The van der Waals surface area contributed by atoms with E-state index in [9.17, 15) is 4.79 Å². The number of nitrogen functional groups attached to an aromatic ring is 1. The van der Waals surface area contributed by atoms with E-state index in [4.69, 9.17) is 10.5 Å². The lowest BCUT2D eigenvalue weighted by molar-refractivity contribution is 0.0499. The lowest BCUT2D eigenvalue weighted by Crippen LogP contribution is -2.30. The van der Waals surface area contributed by atoms with Gasteiger partial charge in [0.1, 0.15) is 0 Å². The standard InChI is InChI=1S/C17H29NO2Si/c1-4-21(5-2,6-3)14-8-7-13-20-17(19)15-9-11-16(18)12-10-15/h9-12H,4-8,13-14,18H2,1-3H3. The van der Waals surface area contributed by atoms with Crippen molar-refractivity contribution in [2.75, 3.05) is 12.3 Å². The summed E-state index contributed by atoms with van der Waals surface area (Å²) in [4.78, 5) is 11.8. The molecule has 4 heteroatoms. The number of hydrogen-bond acceptors (Lipinski definition) is 3. The average molecular weight is 308 g/mol. The van der Waals surface area contributed by atoms with Gasteiger partial charge in [0, 0.05) is 5.69 Å². The molecule has 0 saturated heterocycles. The molecule has 2 N–H and O–H groups in total. The van der Waals surface area contributed by atoms with E-state index in [-0.39, 0.29) is 5.97 Å². The summed E-state index contributed by atoms with van der Waals surface area (Å²) in [6, 6.07) is 12.3. The SMILES string of the molecule is CC[Si](CC)(CC)CCCCOC(=O)c1ccc(N)cc1. The van der Waals surface area contributed by atoms with Crippen molar-refractivity contribution in [2.24, 2.45) is 0 Å².